The van der Waals surface area contributed by atoms with Crippen LogP contribution >= 0.6 is 0 Å². The van der Waals surface area contributed by atoms with Crippen molar-refractivity contribution in [2.75, 3.05) is 26.8 Å². The standard InChI is InChI=1S/C12H24N2O/c1-10-3-4-12(9-13-10)14(2)11-5-7-15-8-6-11/h10-13H,3-9H2,1-2H3. The molecule has 0 aliphatic carbocycles. The summed E-state index contributed by atoms with van der Waals surface area (Å²) in [5.74, 6) is 0. The normalized spacial score (nSPS) is 34.6. The Bertz CT molecular complexity index is 184. The van der Waals surface area contributed by atoms with E-state index in [1.165, 1.54) is 25.7 Å². The summed E-state index contributed by atoms with van der Waals surface area (Å²) in [5, 5.41) is 3.58. The van der Waals surface area contributed by atoms with E-state index in [4.69, 9.17) is 4.74 Å². The molecule has 15 heavy (non-hydrogen) atoms. The van der Waals surface area contributed by atoms with Crippen molar-refractivity contribution in [2.45, 2.75) is 50.7 Å². The Morgan fingerprint density at radius 3 is 2.40 bits per heavy atom. The summed E-state index contributed by atoms with van der Waals surface area (Å²) in [7, 11) is 2.29. The molecule has 2 atom stereocenters. The smallest absolute Gasteiger partial charge is 0.0480 e. The summed E-state index contributed by atoms with van der Waals surface area (Å²) in [6, 6.07) is 2.20. The fourth-order valence-corrected chi connectivity index (χ4v) is 2.72. The van der Waals surface area contributed by atoms with E-state index in [9.17, 15) is 0 Å². The number of hydrogen-bond donors (Lipinski definition) is 1. The van der Waals surface area contributed by atoms with Gasteiger partial charge >= 0.3 is 0 Å². The third-order valence-electron chi connectivity index (χ3n) is 3.98. The van der Waals surface area contributed by atoms with Crippen LogP contribution in [0.5, 0.6) is 0 Å². The van der Waals surface area contributed by atoms with E-state index in [2.05, 4.69) is 24.2 Å². The average molecular weight is 212 g/mol. The van der Waals surface area contributed by atoms with Crippen molar-refractivity contribution < 1.29 is 4.74 Å². The van der Waals surface area contributed by atoms with Crippen molar-refractivity contribution >= 4 is 0 Å². The van der Waals surface area contributed by atoms with E-state index < -0.39 is 0 Å². The molecule has 2 saturated heterocycles. The second-order valence-corrected chi connectivity index (χ2v) is 5.05. The molecule has 0 aromatic heterocycles. The van der Waals surface area contributed by atoms with Gasteiger partial charge in [0.2, 0.25) is 0 Å². The maximum absolute atomic E-state index is 5.41. The Balaban J connectivity index is 1.81. The molecule has 0 radical (unpaired) electrons. The Morgan fingerprint density at radius 2 is 1.80 bits per heavy atom. The molecule has 0 spiro atoms. The molecule has 2 aliphatic heterocycles. The second kappa shape index (κ2) is 5.28. The number of hydrogen-bond acceptors (Lipinski definition) is 3. The van der Waals surface area contributed by atoms with Crippen LogP contribution in [0, 0.1) is 0 Å². The first kappa shape index (κ1) is 11.4. The molecule has 0 saturated carbocycles. The number of piperidine rings is 1. The number of nitrogens with one attached hydrogen (secondary N) is 1. The highest BCUT2D eigenvalue weighted by Crippen LogP contribution is 2.20. The zero-order valence-electron chi connectivity index (χ0n) is 10.0. The van der Waals surface area contributed by atoms with Crippen LogP contribution in [-0.2, 0) is 4.74 Å². The fourth-order valence-electron chi connectivity index (χ4n) is 2.72. The summed E-state index contributed by atoms with van der Waals surface area (Å²) in [6.45, 7) is 5.34. The highest BCUT2D eigenvalue weighted by molar-refractivity contribution is 4.84. The molecule has 3 heteroatoms. The van der Waals surface area contributed by atoms with E-state index in [1.54, 1.807) is 0 Å². The number of nitrogens with zero attached hydrogens (tertiary/aromatic N) is 1. The first-order valence-corrected chi connectivity index (χ1v) is 6.30. The molecule has 2 unspecified atom stereocenters. The van der Waals surface area contributed by atoms with Crippen LogP contribution < -0.4 is 5.32 Å². The monoisotopic (exact) mass is 212 g/mol. The molecular weight excluding hydrogens is 188 g/mol. The predicted octanol–water partition coefficient (Wildman–Crippen LogP) is 1.24. The van der Waals surface area contributed by atoms with Crippen LogP contribution in [0.25, 0.3) is 0 Å². The molecule has 0 aromatic carbocycles. The van der Waals surface area contributed by atoms with Crippen molar-refractivity contribution in [3.63, 3.8) is 0 Å². The van der Waals surface area contributed by atoms with E-state index in [-0.39, 0.29) is 0 Å². The molecule has 3 nitrogen and oxygen atoms in total. The molecule has 0 aromatic rings. The quantitative estimate of drug-likeness (QED) is 0.745. The van der Waals surface area contributed by atoms with Gasteiger partial charge in [0.1, 0.15) is 0 Å². The maximum Gasteiger partial charge on any atom is 0.0480 e. The fraction of sp³-hybridized carbons (Fsp3) is 1.00. The summed E-state index contributed by atoms with van der Waals surface area (Å²) in [6.07, 6.45) is 5.09. The molecule has 2 aliphatic rings. The van der Waals surface area contributed by atoms with Gasteiger partial charge < -0.3 is 10.1 Å². The van der Waals surface area contributed by atoms with Crippen molar-refractivity contribution in [2.24, 2.45) is 0 Å². The molecule has 88 valence electrons. The number of likely N-dealkylation sites (N-methyl/N-ethyl adjacent to an activating group) is 1. The highest BCUT2D eigenvalue weighted by Gasteiger charge is 2.27. The van der Waals surface area contributed by atoms with Gasteiger partial charge in [0.05, 0.1) is 0 Å². The van der Waals surface area contributed by atoms with Gasteiger partial charge in [-0.3, -0.25) is 4.90 Å². The van der Waals surface area contributed by atoms with Gasteiger partial charge in [0, 0.05) is 37.9 Å². The Labute approximate surface area is 93.2 Å². The summed E-state index contributed by atoms with van der Waals surface area (Å²) >= 11 is 0. The minimum atomic E-state index is 0.712. The summed E-state index contributed by atoms with van der Waals surface area (Å²) < 4.78 is 5.41. The van der Waals surface area contributed by atoms with Crippen LogP contribution in [0.4, 0.5) is 0 Å². The van der Waals surface area contributed by atoms with Gasteiger partial charge in [0.15, 0.2) is 0 Å². The third kappa shape index (κ3) is 2.92. The van der Waals surface area contributed by atoms with Crippen molar-refractivity contribution in [1.82, 2.24) is 10.2 Å². The first-order chi connectivity index (χ1) is 7.27. The van der Waals surface area contributed by atoms with E-state index in [1.807, 2.05) is 0 Å². The largest absolute Gasteiger partial charge is 0.381 e. The lowest BCUT2D eigenvalue weighted by Gasteiger charge is -2.40. The Kier molecular flexibility index (Phi) is 4.00. The lowest BCUT2D eigenvalue weighted by molar-refractivity contribution is 0.0227. The minimum absolute atomic E-state index is 0.712. The van der Waals surface area contributed by atoms with E-state index >= 15 is 0 Å². The van der Waals surface area contributed by atoms with Crippen LogP contribution in [0.3, 0.4) is 0 Å². The minimum Gasteiger partial charge on any atom is -0.381 e. The molecule has 0 amide bonds. The predicted molar refractivity (Wildman–Crippen MR) is 62.1 cm³/mol. The first-order valence-electron chi connectivity index (χ1n) is 6.30. The van der Waals surface area contributed by atoms with Crippen molar-refractivity contribution in [1.29, 1.82) is 0 Å². The number of rotatable bonds is 2. The van der Waals surface area contributed by atoms with Gasteiger partial charge in [-0.15, -0.1) is 0 Å². The van der Waals surface area contributed by atoms with E-state index in [0.717, 1.165) is 31.8 Å². The summed E-state index contributed by atoms with van der Waals surface area (Å²) in [4.78, 5) is 2.58. The van der Waals surface area contributed by atoms with Crippen LogP contribution in [-0.4, -0.2) is 49.8 Å². The highest BCUT2D eigenvalue weighted by atomic mass is 16.5. The lowest BCUT2D eigenvalue weighted by Crippen LogP contribution is -2.51. The van der Waals surface area contributed by atoms with Crippen LogP contribution in [0.1, 0.15) is 32.6 Å². The molecule has 1 N–H and O–H groups in total. The van der Waals surface area contributed by atoms with Crippen molar-refractivity contribution in [3.05, 3.63) is 0 Å². The van der Waals surface area contributed by atoms with Gasteiger partial charge in [-0.05, 0) is 39.7 Å². The van der Waals surface area contributed by atoms with E-state index in [0.29, 0.717) is 6.04 Å². The van der Waals surface area contributed by atoms with Crippen molar-refractivity contribution in [3.8, 4) is 0 Å². The average Bonchev–Trinajstić information content (AvgIpc) is 2.30. The Morgan fingerprint density at radius 1 is 1.07 bits per heavy atom. The topological polar surface area (TPSA) is 24.5 Å². The van der Waals surface area contributed by atoms with Gasteiger partial charge in [-0.2, -0.15) is 0 Å². The maximum atomic E-state index is 5.41. The lowest BCUT2D eigenvalue weighted by atomic mass is 9.98. The van der Waals surface area contributed by atoms with Crippen LogP contribution in [0.15, 0.2) is 0 Å². The van der Waals surface area contributed by atoms with Gasteiger partial charge in [0.25, 0.3) is 0 Å². The number of ether oxygens (including phenoxy) is 1. The molecule has 2 heterocycles. The summed E-state index contributed by atoms with van der Waals surface area (Å²) in [5.41, 5.74) is 0. The van der Waals surface area contributed by atoms with Gasteiger partial charge in [-0.1, -0.05) is 0 Å². The van der Waals surface area contributed by atoms with Gasteiger partial charge in [-0.25, -0.2) is 0 Å². The Hall–Kier alpha value is -0.120. The molecule has 0 bridgehead atoms. The zero-order valence-corrected chi connectivity index (χ0v) is 10.0. The van der Waals surface area contributed by atoms with Crippen LogP contribution in [0.2, 0.25) is 0 Å². The second-order valence-electron chi connectivity index (χ2n) is 5.05. The molecule has 2 fully saturated rings. The molecule has 2 rings (SSSR count). The molecular formula is C12H24N2O. The third-order valence-corrected chi connectivity index (χ3v) is 3.98. The SMILES string of the molecule is CC1CCC(N(C)C2CCOCC2)CN1. The zero-order chi connectivity index (χ0) is 10.7.